The van der Waals surface area contributed by atoms with Crippen molar-refractivity contribution in [3.8, 4) is 0 Å². The van der Waals surface area contributed by atoms with Gasteiger partial charge < -0.3 is 0 Å². The first-order valence-corrected chi connectivity index (χ1v) is 4.69. The molecule has 1 heterocycles. The third kappa shape index (κ3) is 1.36. The van der Waals surface area contributed by atoms with Crippen molar-refractivity contribution in [1.82, 2.24) is 0 Å². The summed E-state index contributed by atoms with van der Waals surface area (Å²) in [5.41, 5.74) is 1.30. The Morgan fingerprint density at radius 2 is 2.30 bits per heavy atom. The van der Waals surface area contributed by atoms with Gasteiger partial charge in [0.2, 0.25) is 0 Å². The molecule has 0 fully saturated rings. The molecule has 2 heteroatoms. The number of hydrogen-bond donors (Lipinski definition) is 0. The van der Waals surface area contributed by atoms with Crippen molar-refractivity contribution in [3.63, 3.8) is 0 Å². The summed E-state index contributed by atoms with van der Waals surface area (Å²) in [7, 11) is 0. The summed E-state index contributed by atoms with van der Waals surface area (Å²) in [6.45, 7) is 8.76. The molecule has 1 rings (SSSR count). The maximum Gasteiger partial charge on any atom is 0.103 e. The third-order valence-electron chi connectivity index (χ3n) is 2.09. The molecule has 0 N–H and O–H groups in total. The Hall–Kier alpha value is 0.0200. The largest absolute Gasteiger partial charge is 0.276 e. The highest BCUT2D eigenvalue weighted by atomic mass is 32.2. The molecule has 0 radical (unpaired) electrons. The Morgan fingerprint density at radius 3 is 2.50 bits per heavy atom. The quantitative estimate of drug-likeness (QED) is 0.570. The number of aliphatic imine (C=N–C) groups is 1. The maximum absolute atomic E-state index is 4.60. The molecule has 0 aromatic heterocycles. The monoisotopic (exact) mass is 157 g/mol. The Bertz CT molecular complexity index is 165. The van der Waals surface area contributed by atoms with E-state index in [1.165, 1.54) is 5.71 Å². The van der Waals surface area contributed by atoms with E-state index in [0.29, 0.717) is 5.25 Å². The first-order valence-electron chi connectivity index (χ1n) is 3.81. The second-order valence-electron chi connectivity index (χ2n) is 3.04. The van der Waals surface area contributed by atoms with Gasteiger partial charge in [0, 0.05) is 11.0 Å². The second-order valence-corrected chi connectivity index (χ2v) is 4.86. The fraction of sp³-hybridized carbons (Fsp3) is 0.875. The van der Waals surface area contributed by atoms with E-state index in [4.69, 9.17) is 0 Å². The summed E-state index contributed by atoms with van der Waals surface area (Å²) in [6.07, 6.45) is 1.14. The Balaban J connectivity index is 2.72. The topological polar surface area (TPSA) is 12.4 Å². The van der Waals surface area contributed by atoms with Crippen LogP contribution in [0.25, 0.3) is 0 Å². The van der Waals surface area contributed by atoms with Gasteiger partial charge in [-0.2, -0.15) is 0 Å². The van der Waals surface area contributed by atoms with Crippen molar-refractivity contribution in [2.75, 3.05) is 0 Å². The fourth-order valence-corrected chi connectivity index (χ4v) is 2.47. The molecule has 0 bridgehead atoms. The van der Waals surface area contributed by atoms with Gasteiger partial charge in [-0.3, -0.25) is 4.99 Å². The zero-order valence-corrected chi connectivity index (χ0v) is 7.96. The first-order chi connectivity index (χ1) is 4.57. The molecule has 0 amide bonds. The lowest BCUT2D eigenvalue weighted by atomic mass is 10.2. The molecular formula is C8H15NS. The van der Waals surface area contributed by atoms with Crippen molar-refractivity contribution >= 4 is 17.5 Å². The van der Waals surface area contributed by atoms with Crippen molar-refractivity contribution in [1.29, 1.82) is 0 Å². The van der Waals surface area contributed by atoms with Crippen LogP contribution < -0.4 is 0 Å². The predicted octanol–water partition coefficient (Wildman–Crippen LogP) is 2.71. The summed E-state index contributed by atoms with van der Waals surface area (Å²) in [5.74, 6) is 0. The van der Waals surface area contributed by atoms with Crippen molar-refractivity contribution < 1.29 is 0 Å². The smallest absolute Gasteiger partial charge is 0.103 e. The van der Waals surface area contributed by atoms with E-state index in [0.717, 1.165) is 6.42 Å². The Labute approximate surface area is 67.3 Å². The normalized spacial score (nSPS) is 40.0. The van der Waals surface area contributed by atoms with Gasteiger partial charge in [0.15, 0.2) is 0 Å². The van der Waals surface area contributed by atoms with Crippen molar-refractivity contribution in [3.05, 3.63) is 0 Å². The Morgan fingerprint density at radius 1 is 1.70 bits per heavy atom. The summed E-state index contributed by atoms with van der Waals surface area (Å²) in [5, 5.41) is 0.630. The van der Waals surface area contributed by atoms with Gasteiger partial charge >= 0.3 is 0 Å². The molecule has 0 aliphatic carbocycles. The molecule has 0 aromatic rings. The van der Waals surface area contributed by atoms with Crippen LogP contribution in [0.2, 0.25) is 0 Å². The summed E-state index contributed by atoms with van der Waals surface area (Å²) >= 11 is 1.97. The van der Waals surface area contributed by atoms with Crippen LogP contribution in [0, 0.1) is 0 Å². The lowest BCUT2D eigenvalue weighted by Gasteiger charge is -2.17. The van der Waals surface area contributed by atoms with Crippen LogP contribution in [0.5, 0.6) is 0 Å². The Kier molecular flexibility index (Phi) is 2.09. The third-order valence-corrected chi connectivity index (χ3v) is 3.67. The molecule has 10 heavy (non-hydrogen) atoms. The summed E-state index contributed by atoms with van der Waals surface area (Å²) in [4.78, 5) is 4.78. The molecule has 58 valence electrons. The number of nitrogens with zero attached hydrogens (tertiary/aromatic N) is 1. The minimum Gasteiger partial charge on any atom is -0.276 e. The highest BCUT2D eigenvalue weighted by Gasteiger charge is 2.31. The standard InChI is InChI=1S/C8H15NS/c1-5-8(4)9-6(2)7(3)10-8/h7H,5H2,1-4H3/t7-,8-/m0/s1. The molecular weight excluding hydrogens is 142 g/mol. The summed E-state index contributed by atoms with van der Waals surface area (Å²) < 4.78 is 0. The van der Waals surface area contributed by atoms with Gasteiger partial charge in [-0.25, -0.2) is 0 Å². The average molecular weight is 157 g/mol. The van der Waals surface area contributed by atoms with E-state index in [1.54, 1.807) is 0 Å². The van der Waals surface area contributed by atoms with Crippen LogP contribution in [0.1, 0.15) is 34.1 Å². The molecule has 0 saturated heterocycles. The second kappa shape index (κ2) is 2.57. The van der Waals surface area contributed by atoms with Crippen LogP contribution in [0.15, 0.2) is 4.99 Å². The molecule has 0 unspecified atom stereocenters. The summed E-state index contributed by atoms with van der Waals surface area (Å²) in [6, 6.07) is 0. The van der Waals surface area contributed by atoms with Gasteiger partial charge in [0.25, 0.3) is 0 Å². The van der Waals surface area contributed by atoms with Crippen molar-refractivity contribution in [2.24, 2.45) is 4.99 Å². The lowest BCUT2D eigenvalue weighted by Crippen LogP contribution is -2.11. The molecule has 1 nitrogen and oxygen atoms in total. The van der Waals surface area contributed by atoms with Gasteiger partial charge in [-0.1, -0.05) is 6.92 Å². The first kappa shape index (κ1) is 8.12. The fourth-order valence-electron chi connectivity index (χ4n) is 1.12. The number of hydrogen-bond acceptors (Lipinski definition) is 2. The van der Waals surface area contributed by atoms with E-state index >= 15 is 0 Å². The highest BCUT2D eigenvalue weighted by Crippen LogP contribution is 2.39. The van der Waals surface area contributed by atoms with Gasteiger partial charge in [-0.15, -0.1) is 11.8 Å². The lowest BCUT2D eigenvalue weighted by molar-refractivity contribution is 0.662. The SMILES string of the molecule is CC[C@@]1(C)N=C(C)[C@H](C)S1. The molecule has 0 aromatic carbocycles. The van der Waals surface area contributed by atoms with Crippen LogP contribution in [0.3, 0.4) is 0 Å². The van der Waals surface area contributed by atoms with E-state index in [9.17, 15) is 0 Å². The van der Waals surface area contributed by atoms with Gasteiger partial charge in [-0.05, 0) is 27.2 Å². The van der Waals surface area contributed by atoms with Gasteiger partial charge in [0.1, 0.15) is 4.87 Å². The average Bonchev–Trinajstić information content (AvgIpc) is 2.10. The van der Waals surface area contributed by atoms with Crippen LogP contribution in [-0.4, -0.2) is 15.8 Å². The van der Waals surface area contributed by atoms with E-state index in [2.05, 4.69) is 32.7 Å². The molecule has 1 aliphatic rings. The molecule has 0 saturated carbocycles. The number of rotatable bonds is 1. The molecule has 1 aliphatic heterocycles. The predicted molar refractivity (Wildman–Crippen MR) is 48.9 cm³/mol. The van der Waals surface area contributed by atoms with Crippen LogP contribution in [0.4, 0.5) is 0 Å². The number of thioether (sulfide) groups is 1. The van der Waals surface area contributed by atoms with Gasteiger partial charge in [0.05, 0.1) is 0 Å². The zero-order chi connectivity index (χ0) is 7.78. The van der Waals surface area contributed by atoms with E-state index < -0.39 is 0 Å². The molecule has 0 spiro atoms. The van der Waals surface area contributed by atoms with Crippen molar-refractivity contribution in [2.45, 2.75) is 44.2 Å². The minimum absolute atomic E-state index is 0.184. The zero-order valence-electron chi connectivity index (χ0n) is 7.14. The highest BCUT2D eigenvalue weighted by molar-refractivity contribution is 8.02. The van der Waals surface area contributed by atoms with E-state index in [-0.39, 0.29) is 4.87 Å². The van der Waals surface area contributed by atoms with Crippen LogP contribution >= 0.6 is 11.8 Å². The minimum atomic E-state index is 0.184. The maximum atomic E-state index is 4.60. The van der Waals surface area contributed by atoms with Crippen LogP contribution in [-0.2, 0) is 0 Å². The molecule has 2 atom stereocenters. The van der Waals surface area contributed by atoms with E-state index in [1.807, 2.05) is 11.8 Å².